The molecule has 1 aliphatic carbocycles. The molecule has 3 heterocycles. The van der Waals surface area contributed by atoms with Crippen LogP contribution in [0.25, 0.3) is 5.65 Å². The first-order chi connectivity index (χ1) is 12.0. The van der Waals surface area contributed by atoms with Crippen LogP contribution in [0.15, 0.2) is 12.3 Å². The largest absolute Gasteiger partial charge is 0.349 e. The minimum atomic E-state index is -2.66. The summed E-state index contributed by atoms with van der Waals surface area (Å²) in [6.45, 7) is 1.86. The zero-order chi connectivity index (χ0) is 17.6. The maximum absolute atomic E-state index is 13.4. The number of aromatic nitrogens is 3. The molecule has 1 saturated carbocycles. The van der Waals surface area contributed by atoms with Gasteiger partial charge in [-0.25, -0.2) is 18.3 Å². The highest BCUT2D eigenvalue weighted by Gasteiger charge is 2.29. The average molecular weight is 349 g/mol. The van der Waals surface area contributed by atoms with Crippen LogP contribution in [0.4, 0.5) is 8.78 Å². The van der Waals surface area contributed by atoms with Crippen LogP contribution in [-0.2, 0) is 0 Å². The highest BCUT2D eigenvalue weighted by Crippen LogP contribution is 2.40. The van der Waals surface area contributed by atoms with Gasteiger partial charge in [0.1, 0.15) is 11.3 Å². The molecule has 0 bridgehead atoms. The lowest BCUT2D eigenvalue weighted by molar-refractivity contribution is 0.0918. The molecule has 2 fully saturated rings. The molecule has 0 aromatic carbocycles. The standard InChI is InChI=1S/C17H21F2N5O/c1-23-6-4-11(5-7-23)21-17(25)12-9-20-24-14(15(18)19)8-13(10-2-3-10)22-16(12)24/h8-11,15H,2-7H2,1H3,(H,21,25). The monoisotopic (exact) mass is 349 g/mol. The number of hydrogen-bond donors (Lipinski definition) is 1. The molecule has 1 N–H and O–H groups in total. The zero-order valence-electron chi connectivity index (χ0n) is 14.1. The minimum absolute atomic E-state index is 0.0971. The first-order valence-electron chi connectivity index (χ1n) is 8.69. The maximum Gasteiger partial charge on any atom is 0.280 e. The van der Waals surface area contributed by atoms with E-state index in [2.05, 4.69) is 27.3 Å². The van der Waals surface area contributed by atoms with Crippen molar-refractivity contribution in [2.75, 3.05) is 20.1 Å². The van der Waals surface area contributed by atoms with E-state index in [1.165, 1.54) is 12.3 Å². The van der Waals surface area contributed by atoms with E-state index in [4.69, 9.17) is 0 Å². The normalized spacial score (nSPS) is 19.7. The maximum atomic E-state index is 13.4. The van der Waals surface area contributed by atoms with Crippen LogP contribution in [0.2, 0.25) is 0 Å². The van der Waals surface area contributed by atoms with Gasteiger partial charge in [0.05, 0.1) is 6.20 Å². The average Bonchev–Trinajstić information content (AvgIpc) is 3.35. The first kappa shape index (κ1) is 16.4. The van der Waals surface area contributed by atoms with Crippen molar-refractivity contribution in [2.24, 2.45) is 0 Å². The van der Waals surface area contributed by atoms with Crippen molar-refractivity contribution in [1.82, 2.24) is 24.8 Å². The van der Waals surface area contributed by atoms with Gasteiger partial charge in [-0.05, 0) is 51.9 Å². The van der Waals surface area contributed by atoms with Crippen molar-refractivity contribution in [3.63, 3.8) is 0 Å². The molecule has 134 valence electrons. The fourth-order valence-corrected chi connectivity index (χ4v) is 3.33. The SMILES string of the molecule is CN1CCC(NC(=O)c2cnn3c(C(F)F)cc(C4CC4)nc23)CC1. The van der Waals surface area contributed by atoms with Gasteiger partial charge in [0, 0.05) is 17.7 Å². The lowest BCUT2D eigenvalue weighted by Gasteiger charge is -2.29. The highest BCUT2D eigenvalue weighted by atomic mass is 19.3. The second-order valence-electron chi connectivity index (χ2n) is 7.03. The number of carbonyl (C=O) groups is 1. The molecule has 1 saturated heterocycles. The van der Waals surface area contributed by atoms with Gasteiger partial charge in [-0.2, -0.15) is 5.10 Å². The molecule has 0 spiro atoms. The van der Waals surface area contributed by atoms with Gasteiger partial charge in [0.15, 0.2) is 5.65 Å². The van der Waals surface area contributed by atoms with Gasteiger partial charge < -0.3 is 10.2 Å². The molecule has 25 heavy (non-hydrogen) atoms. The Bertz CT molecular complexity index is 794. The predicted octanol–water partition coefficient (Wildman–Crippen LogP) is 2.37. The molecule has 6 nitrogen and oxygen atoms in total. The molecule has 2 aromatic heterocycles. The Kier molecular flexibility index (Phi) is 4.15. The molecule has 1 amide bonds. The first-order valence-corrected chi connectivity index (χ1v) is 8.69. The molecular weight excluding hydrogens is 328 g/mol. The number of rotatable bonds is 4. The molecular formula is C17H21F2N5O. The van der Waals surface area contributed by atoms with E-state index < -0.39 is 6.43 Å². The Morgan fingerprint density at radius 1 is 1.28 bits per heavy atom. The van der Waals surface area contributed by atoms with Crippen LogP contribution in [-0.4, -0.2) is 51.6 Å². The van der Waals surface area contributed by atoms with E-state index in [9.17, 15) is 13.6 Å². The Labute approximate surface area is 144 Å². The van der Waals surface area contributed by atoms with E-state index in [0.717, 1.165) is 43.3 Å². The number of amides is 1. The smallest absolute Gasteiger partial charge is 0.280 e. The van der Waals surface area contributed by atoms with Crippen molar-refractivity contribution < 1.29 is 13.6 Å². The number of hydrogen-bond acceptors (Lipinski definition) is 4. The zero-order valence-corrected chi connectivity index (χ0v) is 14.1. The third-order valence-corrected chi connectivity index (χ3v) is 5.04. The molecule has 4 rings (SSSR count). The van der Waals surface area contributed by atoms with Crippen LogP contribution in [0.3, 0.4) is 0 Å². The van der Waals surface area contributed by atoms with E-state index in [1.807, 2.05) is 0 Å². The Morgan fingerprint density at radius 2 is 2.00 bits per heavy atom. The Morgan fingerprint density at radius 3 is 2.64 bits per heavy atom. The number of alkyl halides is 2. The van der Waals surface area contributed by atoms with Gasteiger partial charge in [-0.3, -0.25) is 4.79 Å². The molecule has 1 aliphatic heterocycles. The van der Waals surface area contributed by atoms with Gasteiger partial charge in [0.2, 0.25) is 0 Å². The van der Waals surface area contributed by atoms with Crippen molar-refractivity contribution in [3.8, 4) is 0 Å². The molecule has 2 aliphatic rings. The van der Waals surface area contributed by atoms with E-state index in [-0.39, 0.29) is 34.8 Å². The summed E-state index contributed by atoms with van der Waals surface area (Å²) in [5, 5.41) is 6.99. The number of nitrogens with one attached hydrogen (secondary N) is 1. The number of piperidine rings is 1. The minimum Gasteiger partial charge on any atom is -0.349 e. The van der Waals surface area contributed by atoms with Crippen molar-refractivity contribution in [3.05, 3.63) is 29.2 Å². The third kappa shape index (κ3) is 3.22. The van der Waals surface area contributed by atoms with Gasteiger partial charge in [-0.1, -0.05) is 0 Å². The molecule has 8 heteroatoms. The van der Waals surface area contributed by atoms with Crippen molar-refractivity contribution in [2.45, 2.75) is 44.1 Å². The van der Waals surface area contributed by atoms with Gasteiger partial charge in [-0.15, -0.1) is 0 Å². The lowest BCUT2D eigenvalue weighted by Crippen LogP contribution is -2.43. The summed E-state index contributed by atoms with van der Waals surface area (Å²) in [5.74, 6) is -0.0626. The molecule has 0 atom stereocenters. The number of carbonyl (C=O) groups excluding carboxylic acids is 1. The van der Waals surface area contributed by atoms with Gasteiger partial charge in [0.25, 0.3) is 12.3 Å². The van der Waals surface area contributed by atoms with Crippen molar-refractivity contribution >= 4 is 11.6 Å². The van der Waals surface area contributed by atoms with Crippen LogP contribution < -0.4 is 5.32 Å². The summed E-state index contributed by atoms with van der Waals surface area (Å²) in [4.78, 5) is 19.3. The fraction of sp³-hybridized carbons (Fsp3) is 0.588. The molecule has 0 radical (unpaired) electrons. The summed E-state index contributed by atoms with van der Waals surface area (Å²) < 4.78 is 27.9. The van der Waals surface area contributed by atoms with E-state index in [0.29, 0.717) is 5.69 Å². The third-order valence-electron chi connectivity index (χ3n) is 5.04. The second-order valence-corrected chi connectivity index (χ2v) is 7.03. The van der Waals surface area contributed by atoms with Crippen LogP contribution in [0.5, 0.6) is 0 Å². The topological polar surface area (TPSA) is 62.5 Å². The van der Waals surface area contributed by atoms with E-state index >= 15 is 0 Å². The summed E-state index contributed by atoms with van der Waals surface area (Å²) in [6, 6.07) is 1.51. The summed E-state index contributed by atoms with van der Waals surface area (Å²) in [7, 11) is 2.05. The lowest BCUT2D eigenvalue weighted by atomic mass is 10.1. The summed E-state index contributed by atoms with van der Waals surface area (Å²) in [6.07, 6.45) is 2.35. The number of fused-ring (bicyclic) bond motifs is 1. The highest BCUT2D eigenvalue weighted by molar-refractivity contribution is 5.99. The fourth-order valence-electron chi connectivity index (χ4n) is 3.33. The molecule has 0 unspecified atom stereocenters. The second kappa shape index (κ2) is 6.33. The summed E-state index contributed by atoms with van der Waals surface area (Å²) >= 11 is 0. The number of likely N-dealkylation sites (tertiary alicyclic amines) is 1. The van der Waals surface area contributed by atoms with E-state index in [1.54, 1.807) is 0 Å². The van der Waals surface area contributed by atoms with Crippen LogP contribution >= 0.6 is 0 Å². The Balaban J connectivity index is 1.64. The summed E-state index contributed by atoms with van der Waals surface area (Å²) in [5.41, 5.74) is 0.926. The number of halogens is 2. The van der Waals surface area contributed by atoms with Crippen molar-refractivity contribution in [1.29, 1.82) is 0 Å². The number of nitrogens with zero attached hydrogens (tertiary/aromatic N) is 4. The van der Waals surface area contributed by atoms with Gasteiger partial charge >= 0.3 is 0 Å². The quantitative estimate of drug-likeness (QED) is 0.921. The van der Waals surface area contributed by atoms with Crippen LogP contribution in [0, 0.1) is 0 Å². The molecule has 2 aromatic rings. The Hall–Kier alpha value is -2.09. The predicted molar refractivity (Wildman–Crippen MR) is 87.9 cm³/mol. The van der Waals surface area contributed by atoms with Crippen LogP contribution in [0.1, 0.15) is 59.8 Å².